The van der Waals surface area contributed by atoms with Crippen LogP contribution in [0.1, 0.15) is 30.9 Å². The molecule has 3 aliphatic heterocycles. The van der Waals surface area contributed by atoms with E-state index in [1.54, 1.807) is 42.5 Å². The van der Waals surface area contributed by atoms with Gasteiger partial charge in [-0.1, -0.05) is 37.1 Å². The third kappa shape index (κ3) is 2.95. The minimum Gasteiger partial charge on any atom is -0.508 e. The zero-order valence-electron chi connectivity index (χ0n) is 17.6. The molecule has 3 amide bonds. The molecule has 8 heteroatoms. The number of rotatable bonds is 5. The Morgan fingerprint density at radius 1 is 1.09 bits per heavy atom. The summed E-state index contributed by atoms with van der Waals surface area (Å²) in [6.07, 6.45) is 2.01. The van der Waals surface area contributed by atoms with Crippen molar-refractivity contribution in [1.82, 2.24) is 10.2 Å². The number of anilines is 1. The molecule has 2 aromatic rings. The van der Waals surface area contributed by atoms with Crippen molar-refractivity contribution >= 4 is 35.0 Å². The second kappa shape index (κ2) is 7.60. The molecule has 0 bridgehead atoms. The minimum absolute atomic E-state index is 0.152. The van der Waals surface area contributed by atoms with E-state index >= 15 is 0 Å². The fourth-order valence-electron chi connectivity index (χ4n) is 5.43. The number of amides is 3. The third-order valence-corrected chi connectivity index (χ3v) is 7.13. The number of hydrogen-bond donors (Lipinski definition) is 3. The second-order valence-corrected chi connectivity index (χ2v) is 9.20. The lowest BCUT2D eigenvalue weighted by molar-refractivity contribution is -0.142. The van der Waals surface area contributed by atoms with Crippen LogP contribution in [0.15, 0.2) is 42.5 Å². The van der Waals surface area contributed by atoms with Crippen molar-refractivity contribution in [1.29, 1.82) is 0 Å². The Kier molecular flexibility index (Phi) is 4.98. The first-order valence-electron chi connectivity index (χ1n) is 10.9. The Morgan fingerprint density at radius 2 is 1.84 bits per heavy atom. The van der Waals surface area contributed by atoms with E-state index in [9.17, 15) is 19.5 Å². The van der Waals surface area contributed by atoms with E-state index in [1.807, 2.05) is 6.92 Å². The molecule has 2 saturated heterocycles. The molecule has 3 aliphatic rings. The van der Waals surface area contributed by atoms with E-state index < -0.39 is 23.4 Å². The number of imide groups is 1. The van der Waals surface area contributed by atoms with E-state index in [-0.39, 0.29) is 23.5 Å². The summed E-state index contributed by atoms with van der Waals surface area (Å²) in [7, 11) is 0. The van der Waals surface area contributed by atoms with Gasteiger partial charge in [-0.15, -0.1) is 0 Å². The Hall–Kier alpha value is -2.90. The first-order valence-corrected chi connectivity index (χ1v) is 11.3. The number of nitrogens with zero attached hydrogens (tertiary/aromatic N) is 1. The van der Waals surface area contributed by atoms with Crippen molar-refractivity contribution in [2.75, 3.05) is 11.9 Å². The maximum atomic E-state index is 13.6. The monoisotopic (exact) mass is 453 g/mol. The summed E-state index contributed by atoms with van der Waals surface area (Å²) >= 11 is 6.27. The highest BCUT2D eigenvalue weighted by Crippen LogP contribution is 2.53. The molecule has 0 radical (unpaired) electrons. The largest absolute Gasteiger partial charge is 0.508 e. The van der Waals surface area contributed by atoms with Crippen LogP contribution in [-0.2, 0) is 26.3 Å². The highest BCUT2D eigenvalue weighted by Gasteiger charge is 2.70. The van der Waals surface area contributed by atoms with Gasteiger partial charge in [-0.3, -0.25) is 24.6 Å². The number of carbonyl (C=O) groups is 3. The third-order valence-electron chi connectivity index (χ3n) is 6.90. The van der Waals surface area contributed by atoms with Crippen molar-refractivity contribution in [2.45, 2.75) is 37.8 Å². The number of nitrogens with one attached hydrogen (secondary N) is 2. The summed E-state index contributed by atoms with van der Waals surface area (Å²) in [6.45, 7) is 2.36. The normalized spacial score (nSPS) is 28.4. The zero-order chi connectivity index (χ0) is 22.6. The lowest BCUT2D eigenvalue weighted by Crippen LogP contribution is -2.53. The topological polar surface area (TPSA) is 98.7 Å². The Morgan fingerprint density at radius 3 is 2.56 bits per heavy atom. The van der Waals surface area contributed by atoms with Gasteiger partial charge in [-0.2, -0.15) is 0 Å². The summed E-state index contributed by atoms with van der Waals surface area (Å²) in [5.41, 5.74) is 0.758. The van der Waals surface area contributed by atoms with Crippen LogP contribution in [0.25, 0.3) is 0 Å². The molecule has 2 fully saturated rings. The average molecular weight is 454 g/mol. The van der Waals surface area contributed by atoms with Crippen molar-refractivity contribution in [3.05, 3.63) is 58.6 Å². The van der Waals surface area contributed by atoms with E-state index in [0.717, 1.165) is 12.0 Å². The molecule has 5 rings (SSSR count). The number of aromatic hydroxyl groups is 1. The number of likely N-dealkylation sites (tertiary alicyclic amines) is 1. The fraction of sp³-hybridized carbons (Fsp3) is 0.375. The molecule has 166 valence electrons. The predicted octanol–water partition coefficient (Wildman–Crippen LogP) is 2.81. The number of phenolic OH excluding ortho intramolecular Hbond substituents is 1. The lowest BCUT2D eigenvalue weighted by Gasteiger charge is -2.29. The van der Waals surface area contributed by atoms with Crippen LogP contribution in [0.4, 0.5) is 5.69 Å². The highest BCUT2D eigenvalue weighted by molar-refractivity contribution is 6.31. The van der Waals surface area contributed by atoms with Crippen LogP contribution >= 0.6 is 11.6 Å². The van der Waals surface area contributed by atoms with Crippen LogP contribution in [0.2, 0.25) is 5.02 Å². The molecule has 0 saturated carbocycles. The van der Waals surface area contributed by atoms with Crippen molar-refractivity contribution in [3.63, 3.8) is 0 Å². The molecule has 32 heavy (non-hydrogen) atoms. The summed E-state index contributed by atoms with van der Waals surface area (Å²) < 4.78 is 0. The molecule has 1 spiro atoms. The molecule has 0 aliphatic carbocycles. The number of hydrogen-bond acceptors (Lipinski definition) is 5. The SMILES string of the molecule is CCCCN1C(=O)[C@@H]2[C@H](Cc3ccc(O)cc3)N[C@]3(C(=O)Nc4ccc(Cl)cc43)[C@H]2C1=O. The minimum atomic E-state index is -1.35. The standard InChI is InChI=1S/C24H24ClN3O4/c1-2-3-10-28-21(30)19-18(11-13-4-7-15(29)8-5-13)27-24(20(19)22(28)31)16-12-14(25)6-9-17(16)26-23(24)32/h4-9,12,18-20,27,29H,2-3,10-11H2,1H3,(H,26,32)/t18-,19+,20+,24-/m0/s1. The summed E-state index contributed by atoms with van der Waals surface area (Å²) in [6, 6.07) is 11.4. The van der Waals surface area contributed by atoms with E-state index in [4.69, 9.17) is 11.6 Å². The maximum Gasteiger partial charge on any atom is 0.250 e. The first kappa shape index (κ1) is 21.0. The summed E-state index contributed by atoms with van der Waals surface area (Å²) in [4.78, 5) is 41.7. The van der Waals surface area contributed by atoms with Gasteiger partial charge in [0, 0.05) is 28.9 Å². The van der Waals surface area contributed by atoms with Gasteiger partial charge in [-0.25, -0.2) is 0 Å². The van der Waals surface area contributed by atoms with Gasteiger partial charge >= 0.3 is 0 Å². The van der Waals surface area contributed by atoms with E-state index in [2.05, 4.69) is 10.6 Å². The summed E-state index contributed by atoms with van der Waals surface area (Å²) in [5.74, 6) is -2.23. The van der Waals surface area contributed by atoms with Crippen LogP contribution in [-0.4, -0.2) is 40.3 Å². The Labute approximate surface area is 190 Å². The Balaban J connectivity index is 1.61. The number of carbonyl (C=O) groups excluding carboxylic acids is 3. The van der Waals surface area contributed by atoms with Crippen LogP contribution in [0.3, 0.4) is 0 Å². The molecule has 4 atom stereocenters. The van der Waals surface area contributed by atoms with Gasteiger partial charge in [0.2, 0.25) is 17.7 Å². The van der Waals surface area contributed by atoms with E-state index in [0.29, 0.717) is 35.7 Å². The van der Waals surface area contributed by atoms with Crippen molar-refractivity contribution < 1.29 is 19.5 Å². The first-order chi connectivity index (χ1) is 15.4. The van der Waals surface area contributed by atoms with Gasteiger partial charge in [-0.05, 0) is 48.7 Å². The smallest absolute Gasteiger partial charge is 0.250 e. The van der Waals surface area contributed by atoms with Gasteiger partial charge in [0.1, 0.15) is 11.3 Å². The number of halogens is 1. The Bertz CT molecular complexity index is 1120. The summed E-state index contributed by atoms with van der Waals surface area (Å²) in [5, 5.41) is 16.4. The fourth-order valence-corrected chi connectivity index (χ4v) is 5.60. The quantitative estimate of drug-likeness (QED) is 0.605. The zero-order valence-corrected chi connectivity index (χ0v) is 18.4. The molecule has 7 nitrogen and oxygen atoms in total. The van der Waals surface area contributed by atoms with Gasteiger partial charge < -0.3 is 10.4 Å². The second-order valence-electron chi connectivity index (χ2n) is 8.76. The van der Waals surface area contributed by atoms with Crippen molar-refractivity contribution in [2.24, 2.45) is 11.8 Å². The molecule has 0 aromatic heterocycles. The highest BCUT2D eigenvalue weighted by atomic mass is 35.5. The average Bonchev–Trinajstić information content (AvgIpc) is 3.34. The molecule has 0 unspecified atom stereocenters. The number of benzene rings is 2. The van der Waals surface area contributed by atoms with Crippen molar-refractivity contribution in [3.8, 4) is 5.75 Å². The van der Waals surface area contributed by atoms with E-state index in [1.165, 1.54) is 4.90 Å². The van der Waals surface area contributed by atoms with Gasteiger partial charge in [0.25, 0.3) is 0 Å². The van der Waals surface area contributed by atoms with Crippen LogP contribution in [0.5, 0.6) is 5.75 Å². The molecule has 3 heterocycles. The van der Waals surface area contributed by atoms with Crippen LogP contribution in [0, 0.1) is 11.8 Å². The predicted molar refractivity (Wildman–Crippen MR) is 119 cm³/mol. The lowest BCUT2D eigenvalue weighted by atomic mass is 9.76. The number of phenols is 1. The van der Waals surface area contributed by atoms with Gasteiger partial charge in [0.05, 0.1) is 11.8 Å². The molecule has 2 aromatic carbocycles. The number of unbranched alkanes of at least 4 members (excludes halogenated alkanes) is 1. The number of fused-ring (bicyclic) bond motifs is 4. The molecular weight excluding hydrogens is 430 g/mol. The molecule has 3 N–H and O–H groups in total. The van der Waals surface area contributed by atoms with Gasteiger partial charge in [0.15, 0.2) is 0 Å². The van der Waals surface area contributed by atoms with Crippen LogP contribution < -0.4 is 10.6 Å². The maximum absolute atomic E-state index is 13.6. The molecular formula is C24H24ClN3O4.